The number of hydrogen-bond acceptors (Lipinski definition) is 4. The number of carbonyl (C=O) groups is 3. The van der Waals surface area contributed by atoms with Crippen LogP contribution in [0, 0.1) is 11.8 Å². The van der Waals surface area contributed by atoms with Crippen LogP contribution in [-0.2, 0) is 9.63 Å². The van der Waals surface area contributed by atoms with Crippen LogP contribution in [0.25, 0.3) is 0 Å². The van der Waals surface area contributed by atoms with Gasteiger partial charge in [0.05, 0.1) is 17.0 Å². The molecular weight excluding hydrogens is 258 g/mol. The first-order valence-electron chi connectivity index (χ1n) is 6.79. The minimum Gasteiger partial charge on any atom is -0.329 e. The Morgan fingerprint density at radius 3 is 2.20 bits per heavy atom. The van der Waals surface area contributed by atoms with Gasteiger partial charge in [0.2, 0.25) is 0 Å². The molecule has 0 aromatic heterocycles. The molecule has 1 aliphatic heterocycles. The Morgan fingerprint density at radius 2 is 1.75 bits per heavy atom. The molecule has 2 aliphatic rings. The SMILES string of the molecule is CC(C(=O)ON1C(=O)c2ccccc2C1=O)C1CCC1. The van der Waals surface area contributed by atoms with Crippen molar-refractivity contribution >= 4 is 17.8 Å². The van der Waals surface area contributed by atoms with Gasteiger partial charge in [0, 0.05) is 0 Å². The van der Waals surface area contributed by atoms with Crippen LogP contribution in [0.1, 0.15) is 46.9 Å². The summed E-state index contributed by atoms with van der Waals surface area (Å²) in [5.74, 6) is -1.63. The number of benzene rings is 1. The summed E-state index contributed by atoms with van der Waals surface area (Å²) in [4.78, 5) is 41.1. The Labute approximate surface area is 116 Å². The number of carbonyl (C=O) groups excluding carboxylic acids is 3. The molecule has 1 unspecified atom stereocenters. The molecule has 1 aliphatic carbocycles. The molecule has 20 heavy (non-hydrogen) atoms. The van der Waals surface area contributed by atoms with Crippen molar-refractivity contribution in [2.75, 3.05) is 0 Å². The van der Waals surface area contributed by atoms with Crippen molar-refractivity contribution in [2.24, 2.45) is 11.8 Å². The summed E-state index contributed by atoms with van der Waals surface area (Å²) in [6.45, 7) is 1.78. The maximum absolute atomic E-state index is 12.0. The average Bonchev–Trinajstić information content (AvgIpc) is 2.62. The quantitative estimate of drug-likeness (QED) is 0.792. The Bertz CT molecular complexity index is 556. The van der Waals surface area contributed by atoms with Crippen LogP contribution in [0.3, 0.4) is 0 Å². The summed E-state index contributed by atoms with van der Waals surface area (Å²) in [5, 5.41) is 0.585. The molecule has 5 nitrogen and oxygen atoms in total. The van der Waals surface area contributed by atoms with Gasteiger partial charge >= 0.3 is 5.97 Å². The van der Waals surface area contributed by atoms with E-state index >= 15 is 0 Å². The highest BCUT2D eigenvalue weighted by Crippen LogP contribution is 2.34. The van der Waals surface area contributed by atoms with Gasteiger partial charge in [0.15, 0.2) is 0 Å². The molecule has 2 amide bonds. The molecule has 0 saturated heterocycles. The van der Waals surface area contributed by atoms with E-state index in [4.69, 9.17) is 4.84 Å². The van der Waals surface area contributed by atoms with Crippen LogP contribution < -0.4 is 0 Å². The highest BCUT2D eigenvalue weighted by atomic mass is 16.7. The second-order valence-corrected chi connectivity index (χ2v) is 5.34. The number of fused-ring (bicyclic) bond motifs is 1. The molecule has 0 N–H and O–H groups in total. The van der Waals surface area contributed by atoms with Crippen molar-refractivity contribution in [2.45, 2.75) is 26.2 Å². The number of imide groups is 1. The topological polar surface area (TPSA) is 63.7 Å². The first-order valence-corrected chi connectivity index (χ1v) is 6.79. The van der Waals surface area contributed by atoms with Gasteiger partial charge in [-0.05, 0) is 30.9 Å². The Morgan fingerprint density at radius 1 is 1.20 bits per heavy atom. The number of rotatable bonds is 3. The fourth-order valence-corrected chi connectivity index (χ4v) is 2.56. The van der Waals surface area contributed by atoms with Crippen molar-refractivity contribution in [3.8, 4) is 0 Å². The van der Waals surface area contributed by atoms with Crippen LogP contribution in [0.4, 0.5) is 0 Å². The summed E-state index contributed by atoms with van der Waals surface area (Å²) in [7, 11) is 0. The fraction of sp³-hybridized carbons (Fsp3) is 0.400. The standard InChI is InChI=1S/C15H15NO4/c1-9(10-5-4-6-10)15(19)20-16-13(17)11-7-2-3-8-12(11)14(16)18/h2-3,7-10H,4-6H2,1H3. The van der Waals surface area contributed by atoms with E-state index < -0.39 is 17.8 Å². The molecule has 1 aromatic rings. The van der Waals surface area contributed by atoms with Gasteiger partial charge in [0.1, 0.15) is 0 Å². The van der Waals surface area contributed by atoms with Gasteiger partial charge in [-0.3, -0.25) is 9.59 Å². The summed E-state index contributed by atoms with van der Waals surface area (Å²) in [6.07, 6.45) is 3.12. The van der Waals surface area contributed by atoms with Gasteiger partial charge in [-0.2, -0.15) is 0 Å². The first kappa shape index (κ1) is 12.8. The van der Waals surface area contributed by atoms with E-state index in [1.807, 2.05) is 0 Å². The fourth-order valence-electron chi connectivity index (χ4n) is 2.56. The molecule has 1 heterocycles. The lowest BCUT2D eigenvalue weighted by molar-refractivity contribution is -0.176. The van der Waals surface area contributed by atoms with E-state index in [9.17, 15) is 14.4 Å². The third-order valence-electron chi connectivity index (χ3n) is 4.17. The molecule has 3 rings (SSSR count). The van der Waals surface area contributed by atoms with Crippen molar-refractivity contribution in [1.82, 2.24) is 5.06 Å². The third kappa shape index (κ3) is 1.90. The Hall–Kier alpha value is -2.17. The lowest BCUT2D eigenvalue weighted by atomic mass is 9.77. The van der Waals surface area contributed by atoms with Gasteiger partial charge in [0.25, 0.3) is 11.8 Å². The minimum absolute atomic E-state index is 0.279. The van der Waals surface area contributed by atoms with Gasteiger partial charge in [-0.15, -0.1) is 0 Å². The highest BCUT2D eigenvalue weighted by molar-refractivity contribution is 6.20. The van der Waals surface area contributed by atoms with Crippen molar-refractivity contribution < 1.29 is 19.2 Å². The van der Waals surface area contributed by atoms with Crippen molar-refractivity contribution in [1.29, 1.82) is 0 Å². The normalized spacial score (nSPS) is 19.6. The molecule has 1 atom stereocenters. The predicted molar refractivity (Wildman–Crippen MR) is 69.5 cm³/mol. The number of nitrogens with zero attached hydrogens (tertiary/aromatic N) is 1. The van der Waals surface area contributed by atoms with Crippen LogP contribution >= 0.6 is 0 Å². The van der Waals surface area contributed by atoms with E-state index in [1.165, 1.54) is 0 Å². The summed E-state index contributed by atoms with van der Waals surface area (Å²) < 4.78 is 0. The second kappa shape index (κ2) is 4.74. The summed E-state index contributed by atoms with van der Waals surface area (Å²) in [6, 6.07) is 6.45. The number of hydrogen-bond donors (Lipinski definition) is 0. The van der Waals surface area contributed by atoms with Crippen molar-refractivity contribution in [3.05, 3.63) is 35.4 Å². The molecular formula is C15H15NO4. The van der Waals surface area contributed by atoms with Gasteiger partial charge < -0.3 is 4.84 Å². The van der Waals surface area contributed by atoms with E-state index in [-0.39, 0.29) is 17.0 Å². The van der Waals surface area contributed by atoms with E-state index in [2.05, 4.69) is 0 Å². The van der Waals surface area contributed by atoms with Gasteiger partial charge in [-0.25, -0.2) is 4.79 Å². The van der Waals surface area contributed by atoms with Crippen LogP contribution in [-0.4, -0.2) is 22.8 Å². The molecule has 1 fully saturated rings. The molecule has 1 aromatic carbocycles. The van der Waals surface area contributed by atoms with Crippen molar-refractivity contribution in [3.63, 3.8) is 0 Å². The van der Waals surface area contributed by atoms with Gasteiger partial charge in [-0.1, -0.05) is 30.5 Å². The highest BCUT2D eigenvalue weighted by Gasteiger charge is 2.40. The Kier molecular flexibility index (Phi) is 3.04. The zero-order valence-corrected chi connectivity index (χ0v) is 11.2. The molecule has 0 spiro atoms. The van der Waals surface area contributed by atoms with Crippen LogP contribution in [0.5, 0.6) is 0 Å². The van der Waals surface area contributed by atoms with E-state index in [0.29, 0.717) is 11.0 Å². The number of amides is 2. The van der Waals surface area contributed by atoms with E-state index in [1.54, 1.807) is 31.2 Å². The minimum atomic E-state index is -0.570. The maximum Gasteiger partial charge on any atom is 0.336 e. The molecule has 0 bridgehead atoms. The zero-order valence-electron chi connectivity index (χ0n) is 11.2. The second-order valence-electron chi connectivity index (χ2n) is 5.34. The molecule has 104 valence electrons. The Balaban J connectivity index is 1.74. The molecule has 0 radical (unpaired) electrons. The predicted octanol–water partition coefficient (Wildman–Crippen LogP) is 2.18. The molecule has 5 heteroatoms. The lowest BCUT2D eigenvalue weighted by Gasteiger charge is -2.30. The monoisotopic (exact) mass is 273 g/mol. The summed E-state index contributed by atoms with van der Waals surface area (Å²) >= 11 is 0. The largest absolute Gasteiger partial charge is 0.336 e. The van der Waals surface area contributed by atoms with Crippen LogP contribution in [0.2, 0.25) is 0 Å². The number of hydroxylamine groups is 2. The first-order chi connectivity index (χ1) is 9.59. The summed E-state index contributed by atoms with van der Waals surface area (Å²) in [5.41, 5.74) is 0.559. The van der Waals surface area contributed by atoms with Crippen LogP contribution in [0.15, 0.2) is 24.3 Å². The molecule has 1 saturated carbocycles. The average molecular weight is 273 g/mol. The lowest BCUT2D eigenvalue weighted by Crippen LogP contribution is -2.37. The smallest absolute Gasteiger partial charge is 0.329 e. The van der Waals surface area contributed by atoms with E-state index in [0.717, 1.165) is 19.3 Å². The maximum atomic E-state index is 12.0. The third-order valence-corrected chi connectivity index (χ3v) is 4.17. The zero-order chi connectivity index (χ0) is 14.3.